The molecule has 0 radical (unpaired) electrons. The molecule has 2 aromatic heterocycles. The highest BCUT2D eigenvalue weighted by Crippen LogP contribution is 2.38. The number of aromatic amines is 1. The Kier molecular flexibility index (Phi) is 6.31. The van der Waals surface area contributed by atoms with E-state index >= 15 is 0 Å². The lowest BCUT2D eigenvalue weighted by Gasteiger charge is -2.13. The van der Waals surface area contributed by atoms with Crippen molar-refractivity contribution < 1.29 is 27.1 Å². The van der Waals surface area contributed by atoms with Gasteiger partial charge in [-0.05, 0) is 43.4 Å². The van der Waals surface area contributed by atoms with Gasteiger partial charge >= 0.3 is 11.7 Å². The number of H-pyrrole nitrogens is 1. The number of fused-ring (bicyclic) bond motifs is 1. The van der Waals surface area contributed by atoms with E-state index in [2.05, 4.69) is 4.98 Å². The Bertz CT molecular complexity index is 1730. The van der Waals surface area contributed by atoms with Crippen molar-refractivity contribution in [3.05, 3.63) is 81.5 Å². The van der Waals surface area contributed by atoms with Gasteiger partial charge in [0.25, 0.3) is 0 Å². The number of oxazole rings is 1. The van der Waals surface area contributed by atoms with Crippen LogP contribution >= 0.6 is 0 Å². The molecule has 1 unspecified atom stereocenters. The van der Waals surface area contributed by atoms with Gasteiger partial charge in [0.2, 0.25) is 0 Å². The molecule has 38 heavy (non-hydrogen) atoms. The molecule has 0 amide bonds. The third kappa shape index (κ3) is 5.03. The van der Waals surface area contributed by atoms with E-state index in [-0.39, 0.29) is 27.9 Å². The zero-order valence-corrected chi connectivity index (χ0v) is 21.8. The molecule has 9 nitrogen and oxygen atoms in total. The number of halogens is 1. The number of para-hydroxylation sites is 1. The molecule has 1 saturated carbocycles. The van der Waals surface area contributed by atoms with E-state index in [9.17, 15) is 27.5 Å². The summed E-state index contributed by atoms with van der Waals surface area (Å²) in [6, 6.07) is 8.73. The molecule has 0 spiro atoms. The molecule has 2 aromatic carbocycles. The normalized spacial score (nSPS) is 15.6. The average Bonchev–Trinajstić information content (AvgIpc) is 3.27. The van der Waals surface area contributed by atoms with Crippen molar-refractivity contribution in [3.63, 3.8) is 0 Å². The quantitative estimate of drug-likeness (QED) is 0.290. The Morgan fingerprint density at radius 2 is 2.03 bits per heavy atom. The zero-order valence-electron chi connectivity index (χ0n) is 21.0. The van der Waals surface area contributed by atoms with Crippen LogP contribution in [0.4, 0.5) is 4.39 Å². The van der Waals surface area contributed by atoms with Gasteiger partial charge in [0.1, 0.15) is 17.3 Å². The molecule has 11 heteroatoms. The molecule has 200 valence electrons. The summed E-state index contributed by atoms with van der Waals surface area (Å²) < 4.78 is 45.0. The Balaban J connectivity index is 1.56. The average molecular weight is 542 g/mol. The maximum atomic E-state index is 14.8. The molecule has 1 atom stereocenters. The summed E-state index contributed by atoms with van der Waals surface area (Å²) in [5, 5.41) is 10.5. The summed E-state index contributed by atoms with van der Waals surface area (Å²) in [6.45, 7) is 1.81. The number of aromatic nitrogens is 2. The second kappa shape index (κ2) is 9.25. The van der Waals surface area contributed by atoms with Crippen molar-refractivity contribution in [2.75, 3.05) is 6.26 Å². The Labute approximate surface area is 218 Å². The lowest BCUT2D eigenvalue weighted by atomic mass is 9.98. The largest absolute Gasteiger partial charge is 0.477 e. The van der Waals surface area contributed by atoms with E-state index in [1.54, 1.807) is 31.3 Å². The first-order chi connectivity index (χ1) is 17.8. The third-order valence-electron chi connectivity index (χ3n) is 7.18. The number of rotatable bonds is 9. The topological polar surface area (TPSA) is 148 Å². The SMILES string of the molecule is CC(c1cccc2c(-c3ccc(CS(C)(=O)=O)c(F)c3)c(C(=O)O)[nH]c12)n1cc(CCC2(N)CC2)oc1=O. The molecule has 1 fully saturated rings. The maximum absolute atomic E-state index is 14.8. The number of carbonyl (C=O) groups is 1. The van der Waals surface area contributed by atoms with Gasteiger partial charge in [-0.15, -0.1) is 0 Å². The van der Waals surface area contributed by atoms with E-state index in [1.165, 1.54) is 16.7 Å². The second-order valence-corrected chi connectivity index (χ2v) is 12.4. The molecule has 2 heterocycles. The van der Waals surface area contributed by atoms with Crippen LogP contribution in [0.15, 0.2) is 51.8 Å². The first kappa shape index (κ1) is 25.9. The number of sulfone groups is 1. The van der Waals surface area contributed by atoms with Crippen LogP contribution in [0.25, 0.3) is 22.0 Å². The van der Waals surface area contributed by atoms with Crippen LogP contribution < -0.4 is 11.5 Å². The number of aromatic carboxylic acids is 1. The molecule has 4 N–H and O–H groups in total. The Hall–Kier alpha value is -3.70. The van der Waals surface area contributed by atoms with Crippen molar-refractivity contribution in [2.24, 2.45) is 5.73 Å². The maximum Gasteiger partial charge on any atom is 0.419 e. The first-order valence-corrected chi connectivity index (χ1v) is 14.3. The third-order valence-corrected chi connectivity index (χ3v) is 8.02. The molecular formula is C27H28FN3O6S. The van der Waals surface area contributed by atoms with Gasteiger partial charge in [0, 0.05) is 40.9 Å². The molecular weight excluding hydrogens is 513 g/mol. The highest BCUT2D eigenvalue weighted by Gasteiger charge is 2.37. The number of carboxylic acids is 1. The number of nitrogens with two attached hydrogens (primary N) is 1. The fraction of sp³-hybridized carbons (Fsp3) is 0.333. The molecule has 0 aliphatic heterocycles. The van der Waals surface area contributed by atoms with Crippen molar-refractivity contribution in [1.29, 1.82) is 0 Å². The van der Waals surface area contributed by atoms with Crippen LogP contribution in [0.3, 0.4) is 0 Å². The van der Waals surface area contributed by atoms with Gasteiger partial charge in [-0.1, -0.05) is 30.3 Å². The predicted octanol–water partition coefficient (Wildman–Crippen LogP) is 4.00. The molecule has 4 aromatic rings. The highest BCUT2D eigenvalue weighted by atomic mass is 32.2. The fourth-order valence-corrected chi connectivity index (χ4v) is 5.67. The molecule has 0 saturated heterocycles. The number of carboxylic acid groups (broad SMARTS) is 1. The van der Waals surface area contributed by atoms with Crippen molar-refractivity contribution in [2.45, 2.75) is 49.9 Å². The summed E-state index contributed by atoms with van der Waals surface area (Å²) in [5.74, 6) is -2.44. The fourth-order valence-electron chi connectivity index (χ4n) is 4.87. The number of aryl methyl sites for hydroxylation is 1. The van der Waals surface area contributed by atoms with Crippen LogP contribution in [0.2, 0.25) is 0 Å². The molecule has 0 bridgehead atoms. The smallest absolute Gasteiger partial charge is 0.419 e. The van der Waals surface area contributed by atoms with E-state index < -0.39 is 39.2 Å². The minimum Gasteiger partial charge on any atom is -0.477 e. The minimum absolute atomic E-state index is 0.000318. The summed E-state index contributed by atoms with van der Waals surface area (Å²) in [4.78, 5) is 27.8. The molecule has 1 aliphatic carbocycles. The van der Waals surface area contributed by atoms with Gasteiger partial charge in [0.05, 0.1) is 17.3 Å². The molecule has 5 rings (SSSR count). The summed E-state index contributed by atoms with van der Waals surface area (Å²) in [5.41, 5.74) is 7.53. The van der Waals surface area contributed by atoms with Gasteiger partial charge in [-0.25, -0.2) is 22.4 Å². The first-order valence-electron chi connectivity index (χ1n) is 12.2. The number of benzene rings is 2. The number of nitrogens with zero attached hydrogens (tertiary/aromatic N) is 1. The van der Waals surface area contributed by atoms with Gasteiger partial charge in [0.15, 0.2) is 9.84 Å². The predicted molar refractivity (Wildman–Crippen MR) is 140 cm³/mol. The number of hydrogen-bond donors (Lipinski definition) is 3. The Morgan fingerprint density at radius 3 is 2.66 bits per heavy atom. The van der Waals surface area contributed by atoms with Crippen LogP contribution in [0.5, 0.6) is 0 Å². The van der Waals surface area contributed by atoms with E-state index in [1.807, 2.05) is 0 Å². The van der Waals surface area contributed by atoms with Crippen molar-refractivity contribution >= 4 is 26.7 Å². The lowest BCUT2D eigenvalue weighted by molar-refractivity contribution is 0.0692. The summed E-state index contributed by atoms with van der Waals surface area (Å²) >= 11 is 0. The standard InChI is InChI=1S/C27H28FN3O6S/c1-15(31-13-18(37-26(31)34)8-9-27(29)10-11-27)19-4-3-5-20-22(24(25(32)33)30-23(19)20)16-6-7-17(21(28)12-16)14-38(2,35)36/h3-7,12-13,15,30H,8-11,14,29H2,1-2H3,(H,32,33). The zero-order chi connectivity index (χ0) is 27.4. The van der Waals surface area contributed by atoms with E-state index in [0.29, 0.717) is 28.6 Å². The minimum atomic E-state index is -3.46. The monoisotopic (exact) mass is 541 g/mol. The Morgan fingerprint density at radius 1 is 1.29 bits per heavy atom. The summed E-state index contributed by atoms with van der Waals surface area (Å²) in [6.07, 6.45) is 5.87. The van der Waals surface area contributed by atoms with E-state index in [4.69, 9.17) is 10.2 Å². The molecule has 1 aliphatic rings. The number of hydrogen-bond acceptors (Lipinski definition) is 6. The van der Waals surface area contributed by atoms with Crippen LogP contribution in [0, 0.1) is 5.82 Å². The van der Waals surface area contributed by atoms with Gasteiger partial charge in [-0.3, -0.25) is 4.57 Å². The van der Waals surface area contributed by atoms with Crippen molar-refractivity contribution in [1.82, 2.24) is 9.55 Å². The van der Waals surface area contributed by atoms with E-state index in [0.717, 1.165) is 31.6 Å². The number of nitrogens with one attached hydrogen (secondary N) is 1. The van der Waals surface area contributed by atoms with Crippen molar-refractivity contribution in [3.8, 4) is 11.1 Å². The van der Waals surface area contributed by atoms with Crippen LogP contribution in [0.1, 0.15) is 59.6 Å². The lowest BCUT2D eigenvalue weighted by Crippen LogP contribution is -2.21. The van der Waals surface area contributed by atoms with Crippen LogP contribution in [-0.4, -0.2) is 40.8 Å². The second-order valence-electron chi connectivity index (χ2n) is 10.2. The van der Waals surface area contributed by atoms with Gasteiger partial charge in [-0.2, -0.15) is 0 Å². The summed E-state index contributed by atoms with van der Waals surface area (Å²) in [7, 11) is -3.46. The highest BCUT2D eigenvalue weighted by molar-refractivity contribution is 7.89. The van der Waals surface area contributed by atoms with Gasteiger partial charge < -0.3 is 20.2 Å². The van der Waals surface area contributed by atoms with Crippen LogP contribution in [-0.2, 0) is 22.0 Å².